The van der Waals surface area contributed by atoms with Crippen molar-refractivity contribution in [2.75, 3.05) is 7.11 Å². The van der Waals surface area contributed by atoms with Gasteiger partial charge in [-0.3, -0.25) is 0 Å². The topological polar surface area (TPSA) is 42.2 Å². The summed E-state index contributed by atoms with van der Waals surface area (Å²) in [5.74, 6) is 1.29. The molecule has 0 aromatic heterocycles. The smallest absolute Gasteiger partial charge is 0.167 e. The third-order valence-electron chi connectivity index (χ3n) is 3.23. The van der Waals surface area contributed by atoms with Crippen LogP contribution in [0.3, 0.4) is 0 Å². The lowest BCUT2D eigenvalue weighted by molar-refractivity contribution is 0.199. The first-order valence-electron chi connectivity index (χ1n) is 6.15. The van der Waals surface area contributed by atoms with Crippen molar-refractivity contribution >= 4 is 11.6 Å². The molecule has 18 heavy (non-hydrogen) atoms. The van der Waals surface area contributed by atoms with E-state index < -0.39 is 0 Å². The number of rotatable bonds is 4. The molecule has 0 heterocycles. The van der Waals surface area contributed by atoms with Crippen LogP contribution in [0.2, 0.25) is 5.02 Å². The molecule has 0 amide bonds. The first-order chi connectivity index (χ1) is 8.76. The number of ether oxygens (including phenoxy) is 2. The van der Waals surface area contributed by atoms with E-state index in [0.29, 0.717) is 16.5 Å². The van der Waals surface area contributed by atoms with E-state index in [-0.39, 0.29) is 12.5 Å². The minimum absolute atomic E-state index is 0.217. The standard InChI is InChI=1S/C14H16ClNO2/c1-17-13-7-6-12(15)11(8-9-16)14(13)18-10-4-2-3-5-10/h6-7,10H,2-5,8H2,1H3. The molecule has 0 N–H and O–H groups in total. The van der Waals surface area contributed by atoms with Crippen LogP contribution in [0.5, 0.6) is 11.5 Å². The van der Waals surface area contributed by atoms with E-state index in [1.165, 1.54) is 12.8 Å². The Bertz CT molecular complexity index is 462. The minimum Gasteiger partial charge on any atom is -0.493 e. The molecule has 4 heteroatoms. The molecular formula is C14H16ClNO2. The molecule has 0 unspecified atom stereocenters. The van der Waals surface area contributed by atoms with E-state index in [4.69, 9.17) is 26.3 Å². The maximum absolute atomic E-state index is 8.89. The van der Waals surface area contributed by atoms with Gasteiger partial charge in [-0.25, -0.2) is 0 Å². The largest absolute Gasteiger partial charge is 0.493 e. The zero-order chi connectivity index (χ0) is 13.0. The van der Waals surface area contributed by atoms with Gasteiger partial charge in [-0.05, 0) is 37.8 Å². The molecule has 1 saturated carbocycles. The Morgan fingerprint density at radius 1 is 1.39 bits per heavy atom. The van der Waals surface area contributed by atoms with Crippen LogP contribution in [0.4, 0.5) is 0 Å². The fourth-order valence-electron chi connectivity index (χ4n) is 2.29. The third kappa shape index (κ3) is 2.70. The maximum Gasteiger partial charge on any atom is 0.167 e. The normalized spacial score (nSPS) is 15.4. The van der Waals surface area contributed by atoms with Crippen LogP contribution in [-0.2, 0) is 6.42 Å². The molecule has 0 atom stereocenters. The second kappa shape index (κ2) is 5.97. The predicted octanol–water partition coefficient (Wildman–Crippen LogP) is 3.74. The van der Waals surface area contributed by atoms with E-state index >= 15 is 0 Å². The van der Waals surface area contributed by atoms with Crippen molar-refractivity contribution in [2.24, 2.45) is 0 Å². The van der Waals surface area contributed by atoms with Gasteiger partial charge in [-0.15, -0.1) is 0 Å². The average Bonchev–Trinajstić information content (AvgIpc) is 2.87. The van der Waals surface area contributed by atoms with Gasteiger partial charge in [-0.1, -0.05) is 11.6 Å². The van der Waals surface area contributed by atoms with Crippen molar-refractivity contribution in [3.05, 3.63) is 22.7 Å². The van der Waals surface area contributed by atoms with E-state index in [9.17, 15) is 0 Å². The van der Waals surface area contributed by atoms with Gasteiger partial charge >= 0.3 is 0 Å². The average molecular weight is 266 g/mol. The Balaban J connectivity index is 2.33. The van der Waals surface area contributed by atoms with Crippen molar-refractivity contribution in [2.45, 2.75) is 38.2 Å². The molecule has 1 aliphatic rings. The number of methoxy groups -OCH3 is 1. The van der Waals surface area contributed by atoms with E-state index in [2.05, 4.69) is 6.07 Å². The first-order valence-corrected chi connectivity index (χ1v) is 6.53. The molecule has 1 fully saturated rings. The summed E-state index contributed by atoms with van der Waals surface area (Å²) in [6, 6.07) is 5.65. The zero-order valence-electron chi connectivity index (χ0n) is 10.4. The van der Waals surface area contributed by atoms with Crippen molar-refractivity contribution in [3.63, 3.8) is 0 Å². The van der Waals surface area contributed by atoms with Crippen molar-refractivity contribution in [1.82, 2.24) is 0 Å². The van der Waals surface area contributed by atoms with Gasteiger partial charge in [-0.2, -0.15) is 5.26 Å². The zero-order valence-corrected chi connectivity index (χ0v) is 11.2. The molecule has 3 nitrogen and oxygen atoms in total. The summed E-state index contributed by atoms with van der Waals surface area (Å²) in [6.45, 7) is 0. The molecule has 1 aromatic rings. The number of nitrogens with zero attached hydrogens (tertiary/aromatic N) is 1. The highest BCUT2D eigenvalue weighted by atomic mass is 35.5. The molecule has 96 valence electrons. The Hall–Kier alpha value is -1.40. The molecule has 2 rings (SSSR count). The SMILES string of the molecule is COc1ccc(Cl)c(CC#N)c1OC1CCCC1. The second-order valence-corrected chi connectivity index (χ2v) is 4.82. The van der Waals surface area contributed by atoms with Crippen LogP contribution in [0.25, 0.3) is 0 Å². The van der Waals surface area contributed by atoms with Crippen molar-refractivity contribution < 1.29 is 9.47 Å². The monoisotopic (exact) mass is 265 g/mol. The number of hydrogen-bond donors (Lipinski definition) is 0. The van der Waals surface area contributed by atoms with E-state index in [1.54, 1.807) is 19.2 Å². The van der Waals surface area contributed by atoms with Crippen molar-refractivity contribution in [1.29, 1.82) is 5.26 Å². The summed E-state index contributed by atoms with van der Waals surface area (Å²) in [6.07, 6.45) is 4.96. The molecule has 0 radical (unpaired) electrons. The Labute approximate surface area is 112 Å². The molecular weight excluding hydrogens is 250 g/mol. The lowest BCUT2D eigenvalue weighted by atomic mass is 10.1. The van der Waals surface area contributed by atoms with Gasteiger partial charge < -0.3 is 9.47 Å². The fraction of sp³-hybridized carbons (Fsp3) is 0.500. The summed E-state index contributed by atoms with van der Waals surface area (Å²) in [7, 11) is 1.60. The molecule has 0 saturated heterocycles. The fourth-order valence-corrected chi connectivity index (χ4v) is 2.50. The summed E-state index contributed by atoms with van der Waals surface area (Å²) < 4.78 is 11.3. The van der Waals surface area contributed by atoms with E-state index in [0.717, 1.165) is 18.4 Å². The quantitative estimate of drug-likeness (QED) is 0.833. The van der Waals surface area contributed by atoms with Gasteiger partial charge in [0.05, 0.1) is 25.7 Å². The van der Waals surface area contributed by atoms with Crippen LogP contribution < -0.4 is 9.47 Å². The lowest BCUT2D eigenvalue weighted by Gasteiger charge is -2.19. The lowest BCUT2D eigenvalue weighted by Crippen LogP contribution is -2.13. The summed E-state index contributed by atoms with van der Waals surface area (Å²) in [4.78, 5) is 0. The summed E-state index contributed by atoms with van der Waals surface area (Å²) in [5, 5.41) is 9.45. The molecule has 0 aliphatic heterocycles. The number of halogens is 1. The van der Waals surface area contributed by atoms with Crippen LogP contribution in [0.1, 0.15) is 31.2 Å². The van der Waals surface area contributed by atoms with Gasteiger partial charge in [0.25, 0.3) is 0 Å². The Morgan fingerprint density at radius 2 is 2.11 bits per heavy atom. The van der Waals surface area contributed by atoms with Gasteiger partial charge in [0.15, 0.2) is 11.5 Å². The van der Waals surface area contributed by atoms with Gasteiger partial charge in [0, 0.05) is 10.6 Å². The number of benzene rings is 1. The summed E-state index contributed by atoms with van der Waals surface area (Å²) in [5.41, 5.74) is 0.727. The van der Waals surface area contributed by atoms with Crippen LogP contribution in [-0.4, -0.2) is 13.2 Å². The van der Waals surface area contributed by atoms with Crippen LogP contribution in [0.15, 0.2) is 12.1 Å². The van der Waals surface area contributed by atoms with Crippen LogP contribution >= 0.6 is 11.6 Å². The predicted molar refractivity (Wildman–Crippen MR) is 70.2 cm³/mol. The van der Waals surface area contributed by atoms with E-state index in [1.807, 2.05) is 0 Å². The maximum atomic E-state index is 8.89. The number of hydrogen-bond acceptors (Lipinski definition) is 3. The molecule has 1 aliphatic carbocycles. The van der Waals surface area contributed by atoms with Crippen LogP contribution in [0, 0.1) is 11.3 Å². The highest BCUT2D eigenvalue weighted by Gasteiger charge is 2.21. The summed E-state index contributed by atoms with van der Waals surface area (Å²) >= 11 is 6.14. The molecule has 1 aromatic carbocycles. The van der Waals surface area contributed by atoms with Gasteiger partial charge in [0.2, 0.25) is 0 Å². The van der Waals surface area contributed by atoms with Gasteiger partial charge in [0.1, 0.15) is 0 Å². The highest BCUT2D eigenvalue weighted by molar-refractivity contribution is 6.31. The molecule has 0 bridgehead atoms. The Morgan fingerprint density at radius 3 is 2.72 bits per heavy atom. The third-order valence-corrected chi connectivity index (χ3v) is 3.58. The minimum atomic E-state index is 0.217. The number of nitriles is 1. The highest BCUT2D eigenvalue weighted by Crippen LogP contribution is 2.38. The Kier molecular flexibility index (Phi) is 4.33. The second-order valence-electron chi connectivity index (χ2n) is 4.42. The first kappa shape index (κ1) is 13.0. The molecule has 0 spiro atoms. The van der Waals surface area contributed by atoms with Crippen molar-refractivity contribution in [3.8, 4) is 17.6 Å².